The lowest BCUT2D eigenvalue weighted by Crippen LogP contribution is -2.17. The smallest absolute Gasteiger partial charge is 0.0305 e. The predicted molar refractivity (Wildman–Crippen MR) is 73.0 cm³/mol. The van der Waals surface area contributed by atoms with Gasteiger partial charge in [-0.15, -0.1) is 0 Å². The molecular formula is C14H21NS. The van der Waals surface area contributed by atoms with Crippen molar-refractivity contribution >= 4 is 11.8 Å². The molecule has 0 saturated heterocycles. The Morgan fingerprint density at radius 3 is 2.75 bits per heavy atom. The lowest BCUT2D eigenvalue weighted by atomic mass is 9.77. The van der Waals surface area contributed by atoms with Crippen LogP contribution in [0.2, 0.25) is 0 Å². The van der Waals surface area contributed by atoms with E-state index in [1.165, 1.54) is 30.4 Å². The summed E-state index contributed by atoms with van der Waals surface area (Å²) in [6, 6.07) is 9.00. The number of hydrogen-bond donors (Lipinski definition) is 1. The molecule has 2 heteroatoms. The molecule has 0 radical (unpaired) electrons. The topological polar surface area (TPSA) is 26.0 Å². The molecule has 0 aromatic heterocycles. The van der Waals surface area contributed by atoms with Crippen LogP contribution < -0.4 is 5.73 Å². The van der Waals surface area contributed by atoms with Crippen LogP contribution in [0.4, 0.5) is 0 Å². The summed E-state index contributed by atoms with van der Waals surface area (Å²) in [6.45, 7) is 0. The molecule has 1 nitrogen and oxygen atoms in total. The lowest BCUT2D eigenvalue weighted by Gasteiger charge is -2.29. The average Bonchev–Trinajstić information content (AvgIpc) is 2.24. The van der Waals surface area contributed by atoms with Gasteiger partial charge in [-0.2, -0.15) is 11.8 Å². The summed E-state index contributed by atoms with van der Waals surface area (Å²) in [7, 11) is 0. The third-order valence-electron chi connectivity index (χ3n) is 3.57. The molecule has 1 aromatic rings. The zero-order chi connectivity index (χ0) is 11.4. The van der Waals surface area contributed by atoms with Crippen LogP contribution in [-0.2, 0) is 0 Å². The second-order valence-electron chi connectivity index (χ2n) is 4.64. The van der Waals surface area contributed by atoms with Gasteiger partial charge in [0.1, 0.15) is 0 Å². The summed E-state index contributed by atoms with van der Waals surface area (Å²) in [6.07, 6.45) is 7.33. The molecule has 1 fully saturated rings. The molecule has 1 aromatic carbocycles. The number of rotatable bonds is 5. The Labute approximate surface area is 103 Å². The van der Waals surface area contributed by atoms with Crippen molar-refractivity contribution in [1.82, 2.24) is 0 Å². The summed E-state index contributed by atoms with van der Waals surface area (Å²) < 4.78 is 0. The Bertz CT molecular complexity index is 333. The monoisotopic (exact) mass is 235 g/mol. The van der Waals surface area contributed by atoms with Gasteiger partial charge in [0, 0.05) is 6.04 Å². The molecule has 1 aliphatic rings. The summed E-state index contributed by atoms with van der Waals surface area (Å²) in [5, 5.41) is 0. The van der Waals surface area contributed by atoms with E-state index in [1.54, 1.807) is 0 Å². The van der Waals surface area contributed by atoms with Gasteiger partial charge in [-0.3, -0.25) is 0 Å². The van der Waals surface area contributed by atoms with E-state index in [9.17, 15) is 0 Å². The van der Waals surface area contributed by atoms with Gasteiger partial charge in [-0.05, 0) is 48.3 Å². The molecule has 1 unspecified atom stereocenters. The molecule has 2 rings (SSSR count). The number of thioether (sulfide) groups is 1. The largest absolute Gasteiger partial charge is 0.324 e. The molecular weight excluding hydrogens is 214 g/mol. The molecule has 1 saturated carbocycles. The molecule has 2 N–H and O–H groups in total. The maximum Gasteiger partial charge on any atom is 0.0305 e. The lowest BCUT2D eigenvalue weighted by molar-refractivity contribution is 0.415. The first-order valence-electron chi connectivity index (χ1n) is 6.16. The highest BCUT2D eigenvalue weighted by atomic mass is 32.2. The molecule has 0 amide bonds. The van der Waals surface area contributed by atoms with E-state index in [-0.39, 0.29) is 6.04 Å². The van der Waals surface area contributed by atoms with Crippen LogP contribution in [0.3, 0.4) is 0 Å². The van der Waals surface area contributed by atoms with E-state index in [1.807, 2.05) is 11.8 Å². The highest BCUT2D eigenvalue weighted by Crippen LogP contribution is 2.39. The third-order valence-corrected chi connectivity index (χ3v) is 4.22. The van der Waals surface area contributed by atoms with Crippen molar-refractivity contribution in [2.45, 2.75) is 37.6 Å². The Morgan fingerprint density at radius 2 is 2.12 bits per heavy atom. The van der Waals surface area contributed by atoms with Crippen LogP contribution in [0.5, 0.6) is 0 Å². The van der Waals surface area contributed by atoms with E-state index in [2.05, 4.69) is 30.5 Å². The minimum atomic E-state index is 0.226. The van der Waals surface area contributed by atoms with E-state index in [4.69, 9.17) is 5.73 Å². The second-order valence-corrected chi connectivity index (χ2v) is 5.63. The number of benzene rings is 1. The standard InChI is InChI=1S/C14H21NS/c1-16-10-9-14(15)13-8-3-2-7-12(13)11-5-4-6-11/h2-3,7-8,11,14H,4-6,9-10,15H2,1H3. The highest BCUT2D eigenvalue weighted by molar-refractivity contribution is 7.98. The van der Waals surface area contributed by atoms with Gasteiger partial charge in [-0.1, -0.05) is 30.7 Å². The van der Waals surface area contributed by atoms with E-state index in [0.717, 1.165) is 18.1 Å². The molecule has 1 aliphatic carbocycles. The zero-order valence-electron chi connectivity index (χ0n) is 9.99. The minimum absolute atomic E-state index is 0.226. The van der Waals surface area contributed by atoms with E-state index < -0.39 is 0 Å². The first-order valence-corrected chi connectivity index (χ1v) is 7.55. The summed E-state index contributed by atoms with van der Waals surface area (Å²) >= 11 is 1.88. The minimum Gasteiger partial charge on any atom is -0.324 e. The Kier molecular flexibility index (Phi) is 4.30. The van der Waals surface area contributed by atoms with Crippen LogP contribution in [0.1, 0.15) is 48.8 Å². The molecule has 0 heterocycles. The fraction of sp³-hybridized carbons (Fsp3) is 0.571. The van der Waals surface area contributed by atoms with Gasteiger partial charge in [0.2, 0.25) is 0 Å². The normalized spacial score (nSPS) is 18.1. The van der Waals surface area contributed by atoms with E-state index in [0.29, 0.717) is 0 Å². The van der Waals surface area contributed by atoms with Crippen LogP contribution in [0.25, 0.3) is 0 Å². The first-order chi connectivity index (χ1) is 7.83. The molecule has 1 atom stereocenters. The summed E-state index contributed by atoms with van der Waals surface area (Å²) in [5.41, 5.74) is 9.19. The van der Waals surface area contributed by atoms with Crippen molar-refractivity contribution in [3.63, 3.8) is 0 Å². The summed E-state index contributed by atoms with van der Waals surface area (Å²) in [4.78, 5) is 0. The predicted octanol–water partition coefficient (Wildman–Crippen LogP) is 3.71. The maximum absolute atomic E-state index is 6.29. The van der Waals surface area contributed by atoms with Crippen molar-refractivity contribution in [1.29, 1.82) is 0 Å². The van der Waals surface area contributed by atoms with Crippen molar-refractivity contribution in [3.05, 3.63) is 35.4 Å². The second kappa shape index (κ2) is 5.74. The highest BCUT2D eigenvalue weighted by Gasteiger charge is 2.23. The van der Waals surface area contributed by atoms with Crippen molar-refractivity contribution < 1.29 is 0 Å². The Morgan fingerprint density at radius 1 is 1.38 bits per heavy atom. The van der Waals surface area contributed by atoms with Crippen molar-refractivity contribution in [2.24, 2.45) is 5.73 Å². The van der Waals surface area contributed by atoms with Crippen molar-refractivity contribution in [3.8, 4) is 0 Å². The van der Waals surface area contributed by atoms with Crippen molar-refractivity contribution in [2.75, 3.05) is 12.0 Å². The number of nitrogens with two attached hydrogens (primary N) is 1. The molecule has 0 aliphatic heterocycles. The molecule has 88 valence electrons. The van der Waals surface area contributed by atoms with Gasteiger partial charge < -0.3 is 5.73 Å². The third kappa shape index (κ3) is 2.61. The quantitative estimate of drug-likeness (QED) is 0.842. The summed E-state index contributed by atoms with van der Waals surface area (Å²) in [5.74, 6) is 1.94. The van der Waals surface area contributed by atoms with E-state index >= 15 is 0 Å². The van der Waals surface area contributed by atoms with Crippen LogP contribution in [0, 0.1) is 0 Å². The first kappa shape index (κ1) is 12.0. The fourth-order valence-electron chi connectivity index (χ4n) is 2.34. The number of hydrogen-bond acceptors (Lipinski definition) is 2. The Hall–Kier alpha value is -0.470. The molecule has 0 bridgehead atoms. The van der Waals surface area contributed by atoms with Gasteiger partial charge >= 0.3 is 0 Å². The maximum atomic E-state index is 6.29. The van der Waals surface area contributed by atoms with Gasteiger partial charge in [0.25, 0.3) is 0 Å². The Balaban J connectivity index is 2.11. The van der Waals surface area contributed by atoms with Gasteiger partial charge in [0.05, 0.1) is 0 Å². The van der Waals surface area contributed by atoms with Gasteiger partial charge in [0.15, 0.2) is 0 Å². The fourth-order valence-corrected chi connectivity index (χ4v) is 2.83. The van der Waals surface area contributed by atoms with Crippen LogP contribution in [0.15, 0.2) is 24.3 Å². The SMILES string of the molecule is CSCCC(N)c1ccccc1C1CCC1. The van der Waals surface area contributed by atoms with Gasteiger partial charge in [-0.25, -0.2) is 0 Å². The van der Waals surface area contributed by atoms with Crippen LogP contribution >= 0.6 is 11.8 Å². The zero-order valence-corrected chi connectivity index (χ0v) is 10.8. The molecule has 16 heavy (non-hydrogen) atoms. The average molecular weight is 235 g/mol. The van der Waals surface area contributed by atoms with Crippen LogP contribution in [-0.4, -0.2) is 12.0 Å². The molecule has 0 spiro atoms.